The van der Waals surface area contributed by atoms with Crippen LogP contribution in [-0.4, -0.2) is 0 Å². The molecule has 12 rings (SSSR count). The molecule has 0 atom stereocenters. The zero-order chi connectivity index (χ0) is 39.6. The van der Waals surface area contributed by atoms with E-state index in [1.54, 1.807) is 0 Å². The predicted octanol–water partition coefficient (Wildman–Crippen LogP) is 17.1. The smallest absolute Gasteiger partial charge is 0.0540 e. The minimum absolute atomic E-state index is 1.13. The first-order valence-corrected chi connectivity index (χ1v) is 21.4. The van der Waals surface area contributed by atoms with E-state index in [0.717, 1.165) is 17.1 Å². The molecule has 2 heteroatoms. The monoisotopic (exact) mass is 779 g/mol. The van der Waals surface area contributed by atoms with Gasteiger partial charge in [-0.15, -0.1) is 11.3 Å². The Morgan fingerprint density at radius 1 is 0.283 bits per heavy atom. The number of rotatable bonds is 6. The zero-order valence-electron chi connectivity index (χ0n) is 32.7. The first kappa shape index (κ1) is 34.5. The first-order valence-electron chi connectivity index (χ1n) is 20.6. The van der Waals surface area contributed by atoms with Gasteiger partial charge >= 0.3 is 0 Å². The molecule has 0 aliphatic heterocycles. The molecule has 11 aromatic carbocycles. The second kappa shape index (κ2) is 14.1. The van der Waals surface area contributed by atoms with Gasteiger partial charge in [0.15, 0.2) is 0 Å². The van der Waals surface area contributed by atoms with Gasteiger partial charge in [0.05, 0.1) is 11.4 Å². The topological polar surface area (TPSA) is 3.24 Å². The first-order chi connectivity index (χ1) is 29.8. The number of benzene rings is 11. The standard InChI is InChI=1S/C58H37NS/c1-3-17-39(18-4-1)57-50-25-10-9-23-46(50)47-33-31-41(36-52(47)58(57)40-19-5-2-6-20-40)44-22-11-13-27-53(44)59(42-32-35-56-51(37-42)49-24-12-14-29-55(49)60-56)54-28-15-26-45-43-21-8-7-16-38(43)30-34-48(45)54/h1-37H. The molecule has 0 saturated heterocycles. The Labute approximate surface area is 352 Å². The fourth-order valence-electron chi connectivity index (χ4n) is 9.56. The summed E-state index contributed by atoms with van der Waals surface area (Å²) in [7, 11) is 0. The number of hydrogen-bond donors (Lipinski definition) is 0. The Hall–Kier alpha value is -7.52. The molecule has 0 N–H and O–H groups in total. The fourth-order valence-corrected chi connectivity index (χ4v) is 10.6. The minimum Gasteiger partial charge on any atom is -0.309 e. The summed E-state index contributed by atoms with van der Waals surface area (Å²) in [6, 6.07) is 82.7. The van der Waals surface area contributed by atoms with Crippen molar-refractivity contribution in [3.05, 3.63) is 224 Å². The van der Waals surface area contributed by atoms with Crippen molar-refractivity contribution in [3.63, 3.8) is 0 Å². The maximum Gasteiger partial charge on any atom is 0.0540 e. The molecule has 0 aliphatic carbocycles. The SMILES string of the molecule is c1ccc(-c2c(-c3ccccc3)c3cc(-c4ccccc4N(c4ccc5sc6ccccc6c5c4)c4cccc5c4ccc4ccccc45)ccc3c3ccccc23)cc1. The highest BCUT2D eigenvalue weighted by molar-refractivity contribution is 7.25. The summed E-state index contributed by atoms with van der Waals surface area (Å²) in [5.41, 5.74) is 10.7. The zero-order valence-corrected chi connectivity index (χ0v) is 33.5. The van der Waals surface area contributed by atoms with Crippen LogP contribution in [0.2, 0.25) is 0 Å². The highest BCUT2D eigenvalue weighted by atomic mass is 32.1. The van der Waals surface area contributed by atoms with Crippen LogP contribution in [0.4, 0.5) is 17.1 Å². The van der Waals surface area contributed by atoms with Crippen molar-refractivity contribution >= 4 is 91.7 Å². The molecule has 0 unspecified atom stereocenters. The Bertz CT molecular complexity index is 3600. The van der Waals surface area contributed by atoms with Gasteiger partial charge in [0.2, 0.25) is 0 Å². The van der Waals surface area contributed by atoms with E-state index < -0.39 is 0 Å². The highest BCUT2D eigenvalue weighted by Gasteiger charge is 2.23. The molecular formula is C58H37NS. The number of hydrogen-bond acceptors (Lipinski definition) is 2. The molecule has 0 fully saturated rings. The summed E-state index contributed by atoms with van der Waals surface area (Å²) in [6.07, 6.45) is 0. The van der Waals surface area contributed by atoms with Crippen LogP contribution in [0.3, 0.4) is 0 Å². The van der Waals surface area contributed by atoms with E-state index in [1.807, 2.05) is 11.3 Å². The Morgan fingerprint density at radius 3 is 1.67 bits per heavy atom. The van der Waals surface area contributed by atoms with Crippen LogP contribution in [0.25, 0.3) is 96.6 Å². The van der Waals surface area contributed by atoms with E-state index in [-0.39, 0.29) is 0 Å². The molecule has 60 heavy (non-hydrogen) atoms. The van der Waals surface area contributed by atoms with Crippen LogP contribution in [0, 0.1) is 0 Å². The third-order valence-corrected chi connectivity index (χ3v) is 13.4. The van der Waals surface area contributed by atoms with E-state index in [4.69, 9.17) is 0 Å². The lowest BCUT2D eigenvalue weighted by molar-refractivity contribution is 1.31. The summed E-state index contributed by atoms with van der Waals surface area (Å²) in [5, 5.41) is 12.5. The average molecular weight is 780 g/mol. The normalized spacial score (nSPS) is 11.7. The van der Waals surface area contributed by atoms with Crippen molar-refractivity contribution in [3.8, 4) is 33.4 Å². The van der Waals surface area contributed by atoms with Gasteiger partial charge in [0, 0.05) is 36.8 Å². The lowest BCUT2D eigenvalue weighted by atomic mass is 9.84. The molecule has 12 aromatic rings. The molecule has 0 radical (unpaired) electrons. The van der Waals surface area contributed by atoms with E-state index >= 15 is 0 Å². The quantitative estimate of drug-likeness (QED) is 0.152. The molecule has 1 nitrogen and oxygen atoms in total. The summed E-state index contributed by atoms with van der Waals surface area (Å²) in [6.45, 7) is 0. The van der Waals surface area contributed by atoms with E-state index in [0.29, 0.717) is 0 Å². The van der Waals surface area contributed by atoms with Gasteiger partial charge in [-0.05, 0) is 108 Å². The Kier molecular flexibility index (Phi) is 8.11. The molecular weight excluding hydrogens is 743 g/mol. The highest BCUT2D eigenvalue weighted by Crippen LogP contribution is 2.49. The summed E-state index contributed by atoms with van der Waals surface area (Å²) < 4.78 is 2.60. The number of anilines is 3. The largest absolute Gasteiger partial charge is 0.309 e. The van der Waals surface area contributed by atoms with Crippen LogP contribution in [-0.2, 0) is 0 Å². The van der Waals surface area contributed by atoms with Gasteiger partial charge in [-0.25, -0.2) is 0 Å². The predicted molar refractivity (Wildman–Crippen MR) is 260 cm³/mol. The van der Waals surface area contributed by atoms with Crippen molar-refractivity contribution in [2.75, 3.05) is 4.90 Å². The molecule has 0 aliphatic rings. The van der Waals surface area contributed by atoms with Crippen LogP contribution < -0.4 is 4.90 Å². The Balaban J connectivity index is 1.15. The van der Waals surface area contributed by atoms with E-state index in [2.05, 4.69) is 229 Å². The molecule has 0 spiro atoms. The van der Waals surface area contributed by atoms with Crippen molar-refractivity contribution < 1.29 is 0 Å². The Morgan fingerprint density at radius 2 is 0.850 bits per heavy atom. The number of para-hydroxylation sites is 1. The van der Waals surface area contributed by atoms with Gasteiger partial charge in [-0.1, -0.05) is 182 Å². The van der Waals surface area contributed by atoms with Gasteiger partial charge < -0.3 is 4.90 Å². The number of fused-ring (bicyclic) bond motifs is 9. The average Bonchev–Trinajstić information content (AvgIpc) is 3.70. The summed E-state index contributed by atoms with van der Waals surface area (Å²) in [4.78, 5) is 2.50. The molecule has 0 saturated carbocycles. The molecule has 280 valence electrons. The van der Waals surface area contributed by atoms with Crippen LogP contribution in [0.5, 0.6) is 0 Å². The second-order valence-electron chi connectivity index (χ2n) is 15.6. The molecule has 0 bridgehead atoms. The van der Waals surface area contributed by atoms with Crippen molar-refractivity contribution in [2.24, 2.45) is 0 Å². The van der Waals surface area contributed by atoms with Crippen molar-refractivity contribution in [1.82, 2.24) is 0 Å². The number of thiophene rings is 1. The number of nitrogens with zero attached hydrogens (tertiary/aromatic N) is 1. The second-order valence-corrected chi connectivity index (χ2v) is 16.7. The summed E-state index contributed by atoms with van der Waals surface area (Å²) in [5.74, 6) is 0. The van der Waals surface area contributed by atoms with Gasteiger partial charge in [0.25, 0.3) is 0 Å². The lowest BCUT2D eigenvalue weighted by Gasteiger charge is -2.29. The van der Waals surface area contributed by atoms with E-state index in [1.165, 1.54) is 96.6 Å². The van der Waals surface area contributed by atoms with Crippen molar-refractivity contribution in [1.29, 1.82) is 0 Å². The van der Waals surface area contributed by atoms with Crippen molar-refractivity contribution in [2.45, 2.75) is 0 Å². The van der Waals surface area contributed by atoms with E-state index in [9.17, 15) is 0 Å². The minimum atomic E-state index is 1.13. The summed E-state index contributed by atoms with van der Waals surface area (Å²) >= 11 is 1.86. The van der Waals surface area contributed by atoms with Gasteiger partial charge in [-0.3, -0.25) is 0 Å². The molecule has 0 amide bonds. The molecule has 1 heterocycles. The van der Waals surface area contributed by atoms with Crippen LogP contribution in [0.1, 0.15) is 0 Å². The fraction of sp³-hybridized carbons (Fsp3) is 0. The molecule has 1 aromatic heterocycles. The van der Waals surface area contributed by atoms with Crippen LogP contribution in [0.15, 0.2) is 224 Å². The third kappa shape index (κ3) is 5.53. The maximum absolute atomic E-state index is 2.50. The third-order valence-electron chi connectivity index (χ3n) is 12.2. The maximum atomic E-state index is 2.50. The van der Waals surface area contributed by atoms with Crippen LogP contribution >= 0.6 is 11.3 Å². The van der Waals surface area contributed by atoms with Gasteiger partial charge in [0.1, 0.15) is 0 Å². The lowest BCUT2D eigenvalue weighted by Crippen LogP contribution is -2.11. The van der Waals surface area contributed by atoms with Gasteiger partial charge in [-0.2, -0.15) is 0 Å².